The van der Waals surface area contributed by atoms with E-state index in [1.54, 1.807) is 23.9 Å². The van der Waals surface area contributed by atoms with Gasteiger partial charge in [0.1, 0.15) is 5.75 Å². The third-order valence-corrected chi connectivity index (χ3v) is 9.19. The van der Waals surface area contributed by atoms with Crippen LogP contribution < -0.4 is 10.5 Å². The van der Waals surface area contributed by atoms with Gasteiger partial charge in [0.05, 0.1) is 11.5 Å². The lowest BCUT2D eigenvalue weighted by molar-refractivity contribution is -0.122. The average molecular weight is 498 g/mol. The first-order chi connectivity index (χ1) is 16.4. The van der Waals surface area contributed by atoms with Gasteiger partial charge in [-0.15, -0.1) is 5.73 Å². The standard InChI is InChI=1S/C26H27NO5S2/c27-25(28)26(12-15-31-16-13-26)34(29,30)24-8-6-23(7-9-24)32-14-2-4-20-3-1-5-22(19-20)21-10-17-33-18-11-21/h1,3,5-10,17-19H,2,4,12-16H2,(H2,27,28). The monoisotopic (exact) mass is 497 g/mol. The molecule has 2 aliphatic heterocycles. The summed E-state index contributed by atoms with van der Waals surface area (Å²) in [5, 5.41) is 3.99. The molecule has 2 aromatic carbocycles. The van der Waals surface area contributed by atoms with Crippen LogP contribution in [0, 0.1) is 0 Å². The molecular formula is C26H27NO5S2. The number of hydrogen-bond donors (Lipinski definition) is 1. The molecular weight excluding hydrogens is 470 g/mol. The van der Waals surface area contributed by atoms with Crippen molar-refractivity contribution in [3.63, 3.8) is 0 Å². The highest BCUT2D eigenvalue weighted by Gasteiger charge is 2.51. The van der Waals surface area contributed by atoms with Crippen LogP contribution in [-0.2, 0) is 25.8 Å². The summed E-state index contributed by atoms with van der Waals surface area (Å²) in [6.07, 6.45) is 3.86. The lowest BCUT2D eigenvalue weighted by Crippen LogP contribution is -2.53. The van der Waals surface area contributed by atoms with E-state index in [1.807, 2.05) is 16.9 Å². The minimum absolute atomic E-state index is 0.0624. The quantitative estimate of drug-likeness (QED) is 0.411. The first-order valence-corrected chi connectivity index (χ1v) is 13.6. The van der Waals surface area contributed by atoms with Crippen LogP contribution in [0.15, 0.2) is 76.0 Å². The van der Waals surface area contributed by atoms with Gasteiger partial charge < -0.3 is 15.2 Å². The van der Waals surface area contributed by atoms with E-state index in [4.69, 9.17) is 15.2 Å². The van der Waals surface area contributed by atoms with Crippen LogP contribution >= 0.6 is 11.8 Å². The SMILES string of the molecule is NC(=O)C1(S(=O)(=O)c2ccc(OCCCc3cccc(C4=C=CSC=C4)c3)cc2)CCOCC1. The second kappa shape index (κ2) is 10.7. The van der Waals surface area contributed by atoms with Crippen LogP contribution in [0.5, 0.6) is 5.75 Å². The molecule has 2 heterocycles. The Morgan fingerprint density at radius 2 is 1.91 bits per heavy atom. The molecule has 0 aromatic heterocycles. The summed E-state index contributed by atoms with van der Waals surface area (Å²) < 4.78 is 35.9. The maximum atomic E-state index is 13.2. The summed E-state index contributed by atoms with van der Waals surface area (Å²) in [5.41, 5.74) is 12.2. The highest BCUT2D eigenvalue weighted by atomic mass is 32.2. The number of hydrogen-bond acceptors (Lipinski definition) is 6. The zero-order chi connectivity index (χ0) is 24.0. The van der Waals surface area contributed by atoms with E-state index < -0.39 is 20.5 Å². The van der Waals surface area contributed by atoms with E-state index in [0.717, 1.165) is 24.0 Å². The van der Waals surface area contributed by atoms with Crippen LogP contribution in [0.2, 0.25) is 0 Å². The second-order valence-electron chi connectivity index (χ2n) is 8.21. The third kappa shape index (κ3) is 5.15. The van der Waals surface area contributed by atoms with Gasteiger partial charge in [-0.3, -0.25) is 4.79 Å². The molecule has 6 nitrogen and oxygen atoms in total. The molecule has 1 fully saturated rings. The molecule has 8 heteroatoms. The van der Waals surface area contributed by atoms with Crippen LogP contribution in [0.3, 0.4) is 0 Å². The number of nitrogens with two attached hydrogens (primary N) is 1. The molecule has 1 saturated heterocycles. The van der Waals surface area contributed by atoms with Crippen LogP contribution in [-0.4, -0.2) is 38.9 Å². The number of carbonyl (C=O) groups excluding carboxylic acids is 1. The fraction of sp³-hybridized carbons (Fsp3) is 0.308. The Hall–Kier alpha value is -2.77. The van der Waals surface area contributed by atoms with Crippen molar-refractivity contribution in [3.05, 3.63) is 82.3 Å². The number of amides is 1. The van der Waals surface area contributed by atoms with Crippen molar-refractivity contribution < 1.29 is 22.7 Å². The summed E-state index contributed by atoms with van der Waals surface area (Å²) in [6.45, 7) is 0.880. The van der Waals surface area contributed by atoms with Crippen molar-refractivity contribution in [2.45, 2.75) is 35.3 Å². The molecule has 2 N–H and O–H groups in total. The Kier molecular flexibility index (Phi) is 7.63. The summed E-state index contributed by atoms with van der Waals surface area (Å²) in [7, 11) is -3.94. The van der Waals surface area contributed by atoms with E-state index in [0.29, 0.717) is 12.4 Å². The van der Waals surface area contributed by atoms with Gasteiger partial charge >= 0.3 is 0 Å². The smallest absolute Gasteiger partial charge is 0.239 e. The fourth-order valence-electron chi connectivity index (χ4n) is 4.12. The van der Waals surface area contributed by atoms with E-state index in [-0.39, 0.29) is 31.0 Å². The van der Waals surface area contributed by atoms with Crippen LogP contribution in [0.4, 0.5) is 0 Å². The first kappa shape index (κ1) is 24.4. The fourth-order valence-corrected chi connectivity index (χ4v) is 6.52. The summed E-state index contributed by atoms with van der Waals surface area (Å²) >= 11 is 1.61. The van der Waals surface area contributed by atoms with E-state index in [2.05, 4.69) is 30.0 Å². The van der Waals surface area contributed by atoms with Gasteiger partial charge in [-0.25, -0.2) is 8.42 Å². The van der Waals surface area contributed by atoms with Gasteiger partial charge in [-0.2, -0.15) is 0 Å². The number of aryl methyl sites for hydroxylation is 1. The highest BCUT2D eigenvalue weighted by Crippen LogP contribution is 2.35. The van der Waals surface area contributed by atoms with E-state index in [9.17, 15) is 13.2 Å². The predicted octanol–water partition coefficient (Wildman–Crippen LogP) is 4.26. The molecule has 0 saturated carbocycles. The molecule has 0 unspecified atom stereocenters. The molecule has 2 aromatic rings. The highest BCUT2D eigenvalue weighted by molar-refractivity contribution is 8.04. The lowest BCUT2D eigenvalue weighted by Gasteiger charge is -2.33. The van der Waals surface area contributed by atoms with Gasteiger partial charge in [-0.1, -0.05) is 36.0 Å². The van der Waals surface area contributed by atoms with Crippen molar-refractivity contribution >= 4 is 33.1 Å². The Balaban J connectivity index is 1.34. The third-order valence-electron chi connectivity index (χ3n) is 6.11. The predicted molar refractivity (Wildman–Crippen MR) is 134 cm³/mol. The summed E-state index contributed by atoms with van der Waals surface area (Å²) in [6, 6.07) is 14.6. The van der Waals surface area contributed by atoms with Gasteiger partial charge in [-0.05, 0) is 72.6 Å². The van der Waals surface area contributed by atoms with Crippen molar-refractivity contribution in [1.29, 1.82) is 0 Å². The summed E-state index contributed by atoms with van der Waals surface area (Å²) in [5.74, 6) is -0.251. The average Bonchev–Trinajstić information content (AvgIpc) is 2.88. The number of carbonyl (C=O) groups is 1. The number of ether oxygens (including phenoxy) is 2. The lowest BCUT2D eigenvalue weighted by atomic mass is 9.98. The number of benzene rings is 2. The number of sulfone groups is 1. The zero-order valence-corrected chi connectivity index (χ0v) is 20.4. The van der Waals surface area contributed by atoms with Crippen molar-refractivity contribution in [2.75, 3.05) is 19.8 Å². The molecule has 178 valence electrons. The van der Waals surface area contributed by atoms with Gasteiger partial charge in [0, 0.05) is 24.2 Å². The molecule has 0 atom stereocenters. The molecule has 0 aliphatic carbocycles. The zero-order valence-electron chi connectivity index (χ0n) is 18.7. The minimum Gasteiger partial charge on any atom is -0.494 e. The normalized spacial score (nSPS) is 17.2. The Morgan fingerprint density at radius 1 is 1.15 bits per heavy atom. The maximum absolute atomic E-state index is 13.2. The maximum Gasteiger partial charge on any atom is 0.239 e. The topological polar surface area (TPSA) is 95.7 Å². The largest absolute Gasteiger partial charge is 0.494 e. The number of thioether (sulfide) groups is 1. The Morgan fingerprint density at radius 3 is 2.59 bits per heavy atom. The van der Waals surface area contributed by atoms with Gasteiger partial charge in [0.15, 0.2) is 14.6 Å². The Bertz CT molecular complexity index is 1240. The van der Waals surface area contributed by atoms with E-state index in [1.165, 1.54) is 17.7 Å². The van der Waals surface area contributed by atoms with Crippen LogP contribution in [0.25, 0.3) is 5.57 Å². The van der Waals surface area contributed by atoms with Crippen LogP contribution in [0.1, 0.15) is 30.4 Å². The number of primary amides is 1. The summed E-state index contributed by atoms with van der Waals surface area (Å²) in [4.78, 5) is 12.2. The molecule has 0 radical (unpaired) electrons. The number of allylic oxidation sites excluding steroid dienone is 2. The number of rotatable bonds is 9. The molecule has 0 spiro atoms. The molecule has 0 bridgehead atoms. The molecule has 2 aliphatic rings. The Labute approximate surface area is 204 Å². The minimum atomic E-state index is -3.94. The molecule has 4 rings (SSSR count). The van der Waals surface area contributed by atoms with Crippen molar-refractivity contribution in [1.82, 2.24) is 0 Å². The first-order valence-electron chi connectivity index (χ1n) is 11.1. The van der Waals surface area contributed by atoms with Gasteiger partial charge in [0.25, 0.3) is 0 Å². The second-order valence-corrected chi connectivity index (χ2v) is 11.3. The molecule has 1 amide bonds. The van der Waals surface area contributed by atoms with Crippen molar-refractivity contribution in [3.8, 4) is 5.75 Å². The molecule has 34 heavy (non-hydrogen) atoms. The van der Waals surface area contributed by atoms with Crippen molar-refractivity contribution in [2.24, 2.45) is 5.73 Å². The van der Waals surface area contributed by atoms with E-state index >= 15 is 0 Å². The van der Waals surface area contributed by atoms with Gasteiger partial charge in [0.2, 0.25) is 5.91 Å².